The molecule has 0 spiro atoms. The first-order valence-electron chi connectivity index (χ1n) is 5.63. The molecular weight excluding hydrogens is 248 g/mol. The lowest BCUT2D eigenvalue weighted by molar-refractivity contribution is -0.116. The molecule has 0 bridgehead atoms. The van der Waals surface area contributed by atoms with E-state index in [9.17, 15) is 9.59 Å². The van der Waals surface area contributed by atoms with Gasteiger partial charge in [0.05, 0.1) is 24.0 Å². The predicted octanol–water partition coefficient (Wildman–Crippen LogP) is 1.01. The van der Waals surface area contributed by atoms with E-state index in [0.29, 0.717) is 12.2 Å². The number of carboxylic acids is 1. The zero-order valence-corrected chi connectivity index (χ0v) is 9.98. The summed E-state index contributed by atoms with van der Waals surface area (Å²) in [7, 11) is 0. The minimum atomic E-state index is -1.08. The first kappa shape index (κ1) is 12.7. The number of carbonyl (C=O) groups is 2. The summed E-state index contributed by atoms with van der Waals surface area (Å²) in [6.07, 6.45) is 3.37. The Morgan fingerprint density at radius 2 is 2.11 bits per heavy atom. The van der Waals surface area contributed by atoms with Gasteiger partial charge in [-0.05, 0) is 12.1 Å². The van der Waals surface area contributed by atoms with Gasteiger partial charge < -0.3 is 10.4 Å². The molecule has 0 atom stereocenters. The van der Waals surface area contributed by atoms with Crippen molar-refractivity contribution in [3.63, 3.8) is 0 Å². The van der Waals surface area contributed by atoms with Crippen LogP contribution in [-0.2, 0) is 11.3 Å². The molecule has 0 radical (unpaired) electrons. The van der Waals surface area contributed by atoms with Crippen LogP contribution < -0.4 is 5.32 Å². The van der Waals surface area contributed by atoms with Crippen molar-refractivity contribution in [2.45, 2.75) is 13.0 Å². The van der Waals surface area contributed by atoms with Crippen molar-refractivity contribution >= 4 is 17.6 Å². The number of anilines is 1. The molecular formula is C12H12N4O3. The fourth-order valence-electron chi connectivity index (χ4n) is 1.56. The third-order valence-corrected chi connectivity index (χ3v) is 2.47. The Kier molecular flexibility index (Phi) is 3.87. The third-order valence-electron chi connectivity index (χ3n) is 2.47. The first-order chi connectivity index (χ1) is 9.16. The van der Waals surface area contributed by atoms with Gasteiger partial charge >= 0.3 is 5.97 Å². The number of nitrogens with one attached hydrogen (secondary N) is 1. The molecule has 0 unspecified atom stereocenters. The number of nitrogens with zero attached hydrogens (tertiary/aromatic N) is 3. The molecule has 0 saturated carbocycles. The highest BCUT2D eigenvalue weighted by Gasteiger charge is 2.11. The Bertz CT molecular complexity index is 580. The highest BCUT2D eigenvalue weighted by molar-refractivity contribution is 6.00. The molecule has 7 nitrogen and oxygen atoms in total. The van der Waals surface area contributed by atoms with Crippen LogP contribution in [-0.4, -0.2) is 32.0 Å². The van der Waals surface area contributed by atoms with E-state index in [1.165, 1.54) is 16.9 Å². The standard InChI is InChI=1S/C12H12N4O3/c17-11(5-7-16-8-6-13-15-16)14-10-4-2-1-3-9(10)12(18)19/h1-4,6,8H,5,7H2,(H,14,17)(H,18,19). The molecule has 19 heavy (non-hydrogen) atoms. The summed E-state index contributed by atoms with van der Waals surface area (Å²) >= 11 is 0. The summed E-state index contributed by atoms with van der Waals surface area (Å²) in [6, 6.07) is 6.26. The average Bonchev–Trinajstić information content (AvgIpc) is 2.90. The lowest BCUT2D eigenvalue weighted by Crippen LogP contribution is -2.16. The van der Waals surface area contributed by atoms with E-state index in [1.807, 2.05) is 0 Å². The molecule has 0 aliphatic rings. The molecule has 1 amide bonds. The van der Waals surface area contributed by atoms with Gasteiger partial charge in [0.1, 0.15) is 0 Å². The zero-order chi connectivity index (χ0) is 13.7. The van der Waals surface area contributed by atoms with E-state index in [1.54, 1.807) is 24.4 Å². The maximum absolute atomic E-state index is 11.7. The van der Waals surface area contributed by atoms with Gasteiger partial charge in [-0.15, -0.1) is 5.10 Å². The fraction of sp³-hybridized carbons (Fsp3) is 0.167. The van der Waals surface area contributed by atoms with Gasteiger partial charge in [-0.25, -0.2) is 4.79 Å². The lowest BCUT2D eigenvalue weighted by Gasteiger charge is -2.08. The molecule has 0 aliphatic heterocycles. The highest BCUT2D eigenvalue weighted by atomic mass is 16.4. The fourth-order valence-corrected chi connectivity index (χ4v) is 1.56. The minimum absolute atomic E-state index is 0.0663. The van der Waals surface area contributed by atoms with Crippen LogP contribution in [0.2, 0.25) is 0 Å². The Balaban J connectivity index is 1.97. The van der Waals surface area contributed by atoms with E-state index in [2.05, 4.69) is 15.6 Å². The molecule has 98 valence electrons. The van der Waals surface area contributed by atoms with Crippen LogP contribution in [0.15, 0.2) is 36.7 Å². The van der Waals surface area contributed by atoms with Crippen LogP contribution in [0.5, 0.6) is 0 Å². The van der Waals surface area contributed by atoms with Crippen LogP contribution in [0.4, 0.5) is 5.69 Å². The van der Waals surface area contributed by atoms with Crippen molar-refractivity contribution in [2.24, 2.45) is 0 Å². The lowest BCUT2D eigenvalue weighted by atomic mass is 10.2. The van der Waals surface area contributed by atoms with Crippen molar-refractivity contribution in [3.05, 3.63) is 42.2 Å². The molecule has 0 saturated heterocycles. The molecule has 1 aromatic heterocycles. The summed E-state index contributed by atoms with van der Waals surface area (Å²) < 4.78 is 1.53. The number of benzene rings is 1. The summed E-state index contributed by atoms with van der Waals surface area (Å²) in [5.74, 6) is -1.35. The largest absolute Gasteiger partial charge is 0.478 e. The number of rotatable bonds is 5. The SMILES string of the molecule is O=C(CCn1ccnn1)Nc1ccccc1C(=O)O. The van der Waals surface area contributed by atoms with E-state index in [4.69, 9.17) is 5.11 Å². The number of para-hydroxylation sites is 1. The molecule has 2 rings (SSSR count). The van der Waals surface area contributed by atoms with Crippen LogP contribution in [0, 0.1) is 0 Å². The number of aromatic carboxylic acids is 1. The van der Waals surface area contributed by atoms with Crippen molar-refractivity contribution in [1.29, 1.82) is 0 Å². The van der Waals surface area contributed by atoms with Gasteiger partial charge in [0.15, 0.2) is 0 Å². The second-order valence-corrected chi connectivity index (χ2v) is 3.82. The van der Waals surface area contributed by atoms with Crippen molar-refractivity contribution < 1.29 is 14.7 Å². The average molecular weight is 260 g/mol. The van der Waals surface area contributed by atoms with E-state index in [0.717, 1.165) is 0 Å². The van der Waals surface area contributed by atoms with E-state index >= 15 is 0 Å². The monoisotopic (exact) mass is 260 g/mol. The summed E-state index contributed by atoms with van der Waals surface area (Å²) in [5.41, 5.74) is 0.357. The van der Waals surface area contributed by atoms with Crippen LogP contribution in [0.25, 0.3) is 0 Å². The van der Waals surface area contributed by atoms with Gasteiger partial charge in [-0.3, -0.25) is 9.48 Å². The number of carboxylic acid groups (broad SMARTS) is 1. The first-order valence-corrected chi connectivity index (χ1v) is 5.63. The molecule has 2 N–H and O–H groups in total. The van der Waals surface area contributed by atoms with Crippen molar-refractivity contribution in [2.75, 3.05) is 5.32 Å². The number of hydrogen-bond donors (Lipinski definition) is 2. The molecule has 7 heteroatoms. The highest BCUT2D eigenvalue weighted by Crippen LogP contribution is 2.15. The number of amides is 1. The smallest absolute Gasteiger partial charge is 0.337 e. The van der Waals surface area contributed by atoms with Crippen LogP contribution in [0.1, 0.15) is 16.8 Å². The van der Waals surface area contributed by atoms with E-state index < -0.39 is 5.97 Å². The molecule has 2 aromatic rings. The molecule has 1 heterocycles. The molecule has 0 fully saturated rings. The topological polar surface area (TPSA) is 97.1 Å². The Labute approximate surface area is 108 Å². The van der Waals surface area contributed by atoms with Gasteiger partial charge in [-0.1, -0.05) is 17.3 Å². The second-order valence-electron chi connectivity index (χ2n) is 3.82. The van der Waals surface area contributed by atoms with Crippen molar-refractivity contribution in [3.8, 4) is 0 Å². The maximum Gasteiger partial charge on any atom is 0.337 e. The normalized spacial score (nSPS) is 10.1. The maximum atomic E-state index is 11.7. The van der Waals surface area contributed by atoms with Gasteiger partial charge in [0.25, 0.3) is 0 Å². The minimum Gasteiger partial charge on any atom is -0.478 e. The van der Waals surface area contributed by atoms with Gasteiger partial charge in [0.2, 0.25) is 5.91 Å². The Morgan fingerprint density at radius 1 is 1.32 bits per heavy atom. The summed E-state index contributed by atoms with van der Waals surface area (Å²) in [5, 5.41) is 18.9. The van der Waals surface area contributed by atoms with Crippen LogP contribution >= 0.6 is 0 Å². The van der Waals surface area contributed by atoms with Gasteiger partial charge in [0, 0.05) is 12.6 Å². The molecule has 0 aliphatic carbocycles. The zero-order valence-electron chi connectivity index (χ0n) is 9.98. The Hall–Kier alpha value is -2.70. The third kappa shape index (κ3) is 3.38. The number of hydrogen-bond acceptors (Lipinski definition) is 4. The second kappa shape index (κ2) is 5.76. The van der Waals surface area contributed by atoms with E-state index in [-0.39, 0.29) is 17.9 Å². The van der Waals surface area contributed by atoms with Gasteiger partial charge in [-0.2, -0.15) is 0 Å². The van der Waals surface area contributed by atoms with Crippen molar-refractivity contribution in [1.82, 2.24) is 15.0 Å². The molecule has 1 aromatic carbocycles. The Morgan fingerprint density at radius 3 is 2.79 bits per heavy atom. The van der Waals surface area contributed by atoms with Crippen LogP contribution in [0.3, 0.4) is 0 Å². The number of aromatic nitrogens is 3. The quantitative estimate of drug-likeness (QED) is 0.836. The summed E-state index contributed by atoms with van der Waals surface area (Å²) in [6.45, 7) is 0.390. The number of carbonyl (C=O) groups excluding carboxylic acids is 1. The number of aryl methyl sites for hydroxylation is 1. The summed E-state index contributed by atoms with van der Waals surface area (Å²) in [4.78, 5) is 22.7. The predicted molar refractivity (Wildman–Crippen MR) is 66.7 cm³/mol.